The summed E-state index contributed by atoms with van der Waals surface area (Å²) >= 11 is 6.04. The predicted molar refractivity (Wildman–Crippen MR) is 88.6 cm³/mol. The molecule has 0 bridgehead atoms. The van der Waals surface area contributed by atoms with E-state index in [0.29, 0.717) is 17.5 Å². The topological polar surface area (TPSA) is 92.8 Å². The third-order valence-electron chi connectivity index (χ3n) is 4.02. The fraction of sp³-hybridized carbons (Fsp3) is 0.467. The van der Waals surface area contributed by atoms with Crippen molar-refractivity contribution in [1.82, 2.24) is 5.32 Å². The van der Waals surface area contributed by atoms with Crippen molar-refractivity contribution in [2.45, 2.75) is 25.4 Å². The molecule has 3 rings (SSSR count). The Bertz CT molecular complexity index is 774. The highest BCUT2D eigenvalue weighted by molar-refractivity contribution is 7.94. The highest BCUT2D eigenvalue weighted by Gasteiger charge is 2.37. The van der Waals surface area contributed by atoms with Gasteiger partial charge in [0.1, 0.15) is 0 Å². The first kappa shape index (κ1) is 17.2. The summed E-state index contributed by atoms with van der Waals surface area (Å²) in [4.78, 5) is 24.2. The van der Waals surface area contributed by atoms with Crippen molar-refractivity contribution in [3.8, 4) is 0 Å². The van der Waals surface area contributed by atoms with Crippen molar-refractivity contribution in [3.05, 3.63) is 28.8 Å². The second kappa shape index (κ2) is 6.70. The maximum atomic E-state index is 12.3. The van der Waals surface area contributed by atoms with E-state index in [0.717, 1.165) is 12.8 Å². The molecule has 130 valence electrons. The van der Waals surface area contributed by atoms with Crippen LogP contribution in [-0.4, -0.2) is 45.2 Å². The molecular weight excluding hydrogens is 356 g/mol. The smallest absolute Gasteiger partial charge is 0.251 e. The van der Waals surface area contributed by atoms with Gasteiger partial charge in [0.05, 0.1) is 22.6 Å². The van der Waals surface area contributed by atoms with Gasteiger partial charge in [-0.15, -0.1) is 0 Å². The number of sulfonamides is 1. The fourth-order valence-corrected chi connectivity index (χ4v) is 4.49. The second-order valence-electron chi connectivity index (χ2n) is 5.74. The summed E-state index contributed by atoms with van der Waals surface area (Å²) in [5, 5.41) is 2.85. The molecule has 1 aromatic carbocycles. The van der Waals surface area contributed by atoms with Crippen LogP contribution >= 0.6 is 11.6 Å². The van der Waals surface area contributed by atoms with E-state index in [-0.39, 0.29) is 40.5 Å². The van der Waals surface area contributed by atoms with E-state index in [9.17, 15) is 18.0 Å². The van der Waals surface area contributed by atoms with Gasteiger partial charge < -0.3 is 10.1 Å². The molecule has 2 fully saturated rings. The summed E-state index contributed by atoms with van der Waals surface area (Å²) in [7, 11) is -3.73. The third-order valence-corrected chi connectivity index (χ3v) is 6.02. The Morgan fingerprint density at radius 3 is 2.83 bits per heavy atom. The zero-order valence-corrected chi connectivity index (χ0v) is 14.4. The molecule has 0 unspecified atom stereocenters. The molecule has 0 radical (unpaired) electrons. The van der Waals surface area contributed by atoms with Gasteiger partial charge >= 0.3 is 0 Å². The van der Waals surface area contributed by atoms with Gasteiger partial charge in [-0.25, -0.2) is 12.7 Å². The number of halogens is 1. The number of hydrogen-bond donors (Lipinski definition) is 1. The lowest BCUT2D eigenvalue weighted by Crippen LogP contribution is -2.32. The molecule has 2 saturated heterocycles. The second-order valence-corrected chi connectivity index (χ2v) is 8.08. The maximum Gasteiger partial charge on any atom is 0.251 e. The van der Waals surface area contributed by atoms with Crippen molar-refractivity contribution in [2.24, 2.45) is 0 Å². The highest BCUT2D eigenvalue weighted by Crippen LogP contribution is 2.32. The van der Waals surface area contributed by atoms with Crippen molar-refractivity contribution in [1.29, 1.82) is 0 Å². The summed E-state index contributed by atoms with van der Waals surface area (Å²) in [5.41, 5.74) is 0.256. The van der Waals surface area contributed by atoms with Crippen molar-refractivity contribution >= 4 is 39.1 Å². The number of nitrogens with zero attached hydrogens (tertiary/aromatic N) is 1. The van der Waals surface area contributed by atoms with Crippen LogP contribution < -0.4 is 9.62 Å². The monoisotopic (exact) mass is 372 g/mol. The zero-order valence-electron chi connectivity index (χ0n) is 12.8. The molecule has 1 aromatic rings. The summed E-state index contributed by atoms with van der Waals surface area (Å²) in [6.45, 7) is 1.08. The minimum atomic E-state index is -3.73. The van der Waals surface area contributed by atoms with E-state index in [1.54, 1.807) is 0 Å². The number of amides is 2. The summed E-state index contributed by atoms with van der Waals surface area (Å²) in [5.74, 6) is -1.17. The number of nitrogens with one attached hydrogen (secondary N) is 1. The number of carbonyl (C=O) groups excluding carboxylic acids is 2. The highest BCUT2D eigenvalue weighted by atomic mass is 35.5. The largest absolute Gasteiger partial charge is 0.376 e. The Morgan fingerprint density at radius 1 is 1.42 bits per heavy atom. The molecule has 9 heteroatoms. The number of anilines is 1. The molecule has 1 N–H and O–H groups in total. The molecule has 7 nitrogen and oxygen atoms in total. The fourth-order valence-electron chi connectivity index (χ4n) is 2.77. The Balaban J connectivity index is 1.80. The van der Waals surface area contributed by atoms with Crippen LogP contribution in [0, 0.1) is 0 Å². The van der Waals surface area contributed by atoms with Crippen LogP contribution in [0.2, 0.25) is 5.02 Å². The first-order valence-corrected chi connectivity index (χ1v) is 9.62. The Morgan fingerprint density at radius 2 is 2.21 bits per heavy atom. The first-order valence-electron chi connectivity index (χ1n) is 7.64. The van der Waals surface area contributed by atoms with Crippen LogP contribution in [0.15, 0.2) is 18.2 Å². The maximum absolute atomic E-state index is 12.3. The van der Waals surface area contributed by atoms with Gasteiger partial charge in [-0.2, -0.15) is 0 Å². The van der Waals surface area contributed by atoms with E-state index in [1.807, 2.05) is 0 Å². The summed E-state index contributed by atoms with van der Waals surface area (Å²) in [6, 6.07) is 4.23. The zero-order chi connectivity index (χ0) is 17.3. The molecule has 2 amide bonds. The number of carbonyl (C=O) groups is 2. The minimum Gasteiger partial charge on any atom is -0.376 e. The Hall–Kier alpha value is -1.64. The molecular formula is C15H17ClN2O5S. The molecule has 0 aromatic heterocycles. The van der Waals surface area contributed by atoms with Crippen molar-refractivity contribution in [2.75, 3.05) is 23.2 Å². The van der Waals surface area contributed by atoms with Crippen LogP contribution in [0.4, 0.5) is 5.69 Å². The Kier molecular flexibility index (Phi) is 4.80. The van der Waals surface area contributed by atoms with Gasteiger partial charge in [0, 0.05) is 25.1 Å². The number of ether oxygens (including phenoxy) is 1. The van der Waals surface area contributed by atoms with E-state index < -0.39 is 15.9 Å². The normalized spacial score (nSPS) is 22.8. The van der Waals surface area contributed by atoms with Crippen molar-refractivity contribution < 1.29 is 22.7 Å². The molecule has 2 aliphatic heterocycles. The van der Waals surface area contributed by atoms with Crippen LogP contribution in [0.3, 0.4) is 0 Å². The molecule has 2 aliphatic rings. The van der Waals surface area contributed by atoms with Gasteiger partial charge in [0.15, 0.2) is 0 Å². The van der Waals surface area contributed by atoms with Crippen LogP contribution in [0.5, 0.6) is 0 Å². The lowest BCUT2D eigenvalue weighted by atomic mass is 10.1. The Labute approximate surface area is 145 Å². The van der Waals surface area contributed by atoms with Gasteiger partial charge in [-0.1, -0.05) is 11.6 Å². The van der Waals surface area contributed by atoms with Gasteiger partial charge in [-0.05, 0) is 31.0 Å². The van der Waals surface area contributed by atoms with Crippen LogP contribution in [0.1, 0.15) is 29.6 Å². The number of hydrogen-bond acceptors (Lipinski definition) is 5. The van der Waals surface area contributed by atoms with E-state index in [4.69, 9.17) is 16.3 Å². The van der Waals surface area contributed by atoms with Gasteiger partial charge in [-0.3, -0.25) is 9.59 Å². The molecule has 2 heterocycles. The first-order chi connectivity index (χ1) is 11.4. The number of rotatable bonds is 4. The molecule has 0 spiro atoms. The standard InChI is InChI=1S/C15H17ClN2O5S/c16-12-4-3-10(15(20)17-9-11-2-1-6-23-11)8-13(12)18-14(19)5-7-24(18,21)22/h3-4,8,11H,1-2,5-7,9H2,(H,17,20)/t11-/m0/s1. The van der Waals surface area contributed by atoms with Crippen LogP contribution in [-0.2, 0) is 19.6 Å². The quantitative estimate of drug-likeness (QED) is 0.860. The van der Waals surface area contributed by atoms with Gasteiger partial charge in [0.2, 0.25) is 15.9 Å². The summed E-state index contributed by atoms with van der Waals surface area (Å²) in [6.07, 6.45) is 1.78. The van der Waals surface area contributed by atoms with Gasteiger partial charge in [0.25, 0.3) is 5.91 Å². The van der Waals surface area contributed by atoms with E-state index >= 15 is 0 Å². The predicted octanol–water partition coefficient (Wildman–Crippen LogP) is 1.32. The lowest BCUT2D eigenvalue weighted by molar-refractivity contribution is -0.116. The van der Waals surface area contributed by atoms with Crippen molar-refractivity contribution in [3.63, 3.8) is 0 Å². The third kappa shape index (κ3) is 3.40. The number of benzene rings is 1. The molecule has 0 saturated carbocycles. The molecule has 0 aliphatic carbocycles. The van der Waals surface area contributed by atoms with Crippen LogP contribution in [0.25, 0.3) is 0 Å². The van der Waals surface area contributed by atoms with E-state index in [2.05, 4.69) is 5.32 Å². The SMILES string of the molecule is O=C(NC[C@@H]1CCCO1)c1ccc(Cl)c(N2C(=O)CCS2(=O)=O)c1. The minimum absolute atomic E-state index is 0.00117. The summed E-state index contributed by atoms with van der Waals surface area (Å²) < 4.78 is 30.2. The van der Waals surface area contributed by atoms with E-state index in [1.165, 1.54) is 18.2 Å². The lowest BCUT2D eigenvalue weighted by Gasteiger charge is -2.17. The average molecular weight is 373 g/mol. The average Bonchev–Trinajstić information content (AvgIpc) is 3.14. The molecule has 1 atom stereocenters. The molecule has 24 heavy (non-hydrogen) atoms.